The average Bonchev–Trinajstić information content (AvgIpc) is 3.39. The summed E-state index contributed by atoms with van der Waals surface area (Å²) in [6, 6.07) is 9.74. The van der Waals surface area contributed by atoms with Gasteiger partial charge in [-0.05, 0) is 25.5 Å². The molecule has 3 heterocycles. The number of carbonyl (C=O) groups is 1. The number of H-pyrrole nitrogens is 1. The number of rotatable bonds is 5. The zero-order chi connectivity index (χ0) is 19.5. The van der Waals surface area contributed by atoms with Gasteiger partial charge in [-0.2, -0.15) is 10.2 Å². The minimum absolute atomic E-state index is 0. The van der Waals surface area contributed by atoms with E-state index in [0.717, 1.165) is 25.9 Å². The van der Waals surface area contributed by atoms with Crippen molar-refractivity contribution in [2.75, 3.05) is 18.4 Å². The minimum atomic E-state index is -0.458. The number of aromatic nitrogens is 4. The molecule has 1 aromatic carbocycles. The lowest BCUT2D eigenvalue weighted by Crippen LogP contribution is -2.32. The van der Waals surface area contributed by atoms with Crippen LogP contribution in [0.15, 0.2) is 42.6 Å². The molecule has 10 nitrogen and oxygen atoms in total. The molecule has 3 N–H and O–H groups in total. The molecule has 1 unspecified atom stereocenters. The number of hydrogen-bond donors (Lipinski definition) is 3. The van der Waals surface area contributed by atoms with E-state index in [2.05, 4.69) is 25.9 Å². The van der Waals surface area contributed by atoms with Crippen molar-refractivity contribution in [3.8, 4) is 11.3 Å². The lowest BCUT2D eigenvalue weighted by atomic mass is 10.1. The summed E-state index contributed by atoms with van der Waals surface area (Å²) in [6.45, 7) is 1.85. The Hall–Kier alpha value is -3.24. The van der Waals surface area contributed by atoms with Gasteiger partial charge in [0.1, 0.15) is 0 Å². The van der Waals surface area contributed by atoms with Crippen LogP contribution in [0.4, 0.5) is 11.5 Å². The van der Waals surface area contributed by atoms with E-state index in [9.17, 15) is 14.9 Å². The topological polar surface area (TPSA) is 131 Å². The average molecular weight is 418 g/mol. The number of aromatic amines is 1. The van der Waals surface area contributed by atoms with E-state index in [-0.39, 0.29) is 30.0 Å². The third kappa shape index (κ3) is 4.61. The summed E-state index contributed by atoms with van der Waals surface area (Å²) in [5, 5.41) is 28.2. The van der Waals surface area contributed by atoms with E-state index in [4.69, 9.17) is 0 Å². The molecule has 11 heteroatoms. The fourth-order valence-electron chi connectivity index (χ4n) is 3.22. The summed E-state index contributed by atoms with van der Waals surface area (Å²) in [5.74, 6) is -0.0417. The third-order valence-corrected chi connectivity index (χ3v) is 4.67. The van der Waals surface area contributed by atoms with E-state index in [1.54, 1.807) is 24.3 Å². The molecular weight excluding hydrogens is 398 g/mol. The summed E-state index contributed by atoms with van der Waals surface area (Å²) in [6.07, 6.45) is 3.92. The SMILES string of the molecule is Cl.O=C(Nc1cc(-c2cccc([N+](=O)[O-])c2)[nH]n1)c1ccn(C2CCCNC2)n1. The molecular formula is C18H20ClN7O3. The van der Waals surface area contributed by atoms with Crippen LogP contribution in [0.3, 0.4) is 0 Å². The fourth-order valence-corrected chi connectivity index (χ4v) is 3.22. The summed E-state index contributed by atoms with van der Waals surface area (Å²) < 4.78 is 1.82. The van der Waals surface area contributed by atoms with Gasteiger partial charge in [0, 0.05) is 36.5 Å². The monoisotopic (exact) mass is 417 g/mol. The first-order valence-corrected chi connectivity index (χ1v) is 8.97. The van der Waals surface area contributed by atoms with Gasteiger partial charge in [-0.15, -0.1) is 12.4 Å². The predicted molar refractivity (Wildman–Crippen MR) is 109 cm³/mol. The van der Waals surface area contributed by atoms with Crippen LogP contribution < -0.4 is 10.6 Å². The second kappa shape index (κ2) is 8.84. The number of nitrogens with one attached hydrogen (secondary N) is 3. The first-order chi connectivity index (χ1) is 13.6. The van der Waals surface area contributed by atoms with E-state index in [1.807, 2.05) is 10.9 Å². The van der Waals surface area contributed by atoms with Gasteiger partial charge in [0.05, 0.1) is 16.7 Å². The molecule has 0 radical (unpaired) electrons. The number of amides is 1. The third-order valence-electron chi connectivity index (χ3n) is 4.67. The number of nitrogens with zero attached hydrogens (tertiary/aromatic N) is 4. The quantitative estimate of drug-likeness (QED) is 0.432. The number of anilines is 1. The summed E-state index contributed by atoms with van der Waals surface area (Å²) in [4.78, 5) is 22.9. The van der Waals surface area contributed by atoms with Crippen molar-refractivity contribution in [1.82, 2.24) is 25.3 Å². The molecule has 1 aliphatic heterocycles. The molecule has 152 valence electrons. The number of benzene rings is 1. The largest absolute Gasteiger partial charge is 0.315 e. The van der Waals surface area contributed by atoms with Crippen LogP contribution in [0.1, 0.15) is 29.4 Å². The summed E-state index contributed by atoms with van der Waals surface area (Å²) >= 11 is 0. The zero-order valence-corrected chi connectivity index (χ0v) is 16.2. The van der Waals surface area contributed by atoms with Crippen LogP contribution in [0.5, 0.6) is 0 Å². The van der Waals surface area contributed by atoms with Gasteiger partial charge in [0.25, 0.3) is 11.6 Å². The summed E-state index contributed by atoms with van der Waals surface area (Å²) in [7, 11) is 0. The van der Waals surface area contributed by atoms with E-state index in [0.29, 0.717) is 22.8 Å². The Labute approximate surface area is 172 Å². The van der Waals surface area contributed by atoms with Gasteiger partial charge >= 0.3 is 0 Å². The molecule has 3 aromatic rings. The molecule has 0 saturated carbocycles. The summed E-state index contributed by atoms with van der Waals surface area (Å²) in [5.41, 5.74) is 1.47. The molecule has 0 aliphatic carbocycles. The van der Waals surface area contributed by atoms with Gasteiger partial charge in [0.15, 0.2) is 11.5 Å². The molecule has 1 saturated heterocycles. The van der Waals surface area contributed by atoms with Crippen LogP contribution in [-0.2, 0) is 0 Å². The number of nitro benzene ring substituents is 1. The van der Waals surface area contributed by atoms with Gasteiger partial charge in [-0.1, -0.05) is 12.1 Å². The highest BCUT2D eigenvalue weighted by Gasteiger charge is 2.18. The Balaban J connectivity index is 0.00000240. The fraction of sp³-hybridized carbons (Fsp3) is 0.278. The number of halogens is 1. The molecule has 29 heavy (non-hydrogen) atoms. The standard InChI is InChI=1S/C18H19N7O3.ClH/c26-18(15-6-8-24(23-15)14-5-2-7-19-11-14)20-17-10-16(21-22-17)12-3-1-4-13(9-12)25(27)28;/h1,3-4,6,8-10,14,19H,2,5,7,11H2,(H2,20,21,22,26);1H. The number of piperidine rings is 1. The normalized spacial score (nSPS) is 16.1. The van der Waals surface area contributed by atoms with Gasteiger partial charge in [0.2, 0.25) is 0 Å². The van der Waals surface area contributed by atoms with E-state index in [1.165, 1.54) is 12.1 Å². The van der Waals surface area contributed by atoms with Crippen LogP contribution in [0, 0.1) is 10.1 Å². The van der Waals surface area contributed by atoms with Crippen molar-refractivity contribution in [3.05, 3.63) is 58.4 Å². The second-order valence-electron chi connectivity index (χ2n) is 6.61. The second-order valence-corrected chi connectivity index (χ2v) is 6.61. The van der Waals surface area contributed by atoms with Crippen molar-refractivity contribution in [1.29, 1.82) is 0 Å². The van der Waals surface area contributed by atoms with Crippen molar-refractivity contribution in [3.63, 3.8) is 0 Å². The van der Waals surface area contributed by atoms with Gasteiger partial charge in [-0.25, -0.2) is 0 Å². The predicted octanol–water partition coefficient (Wildman–Crippen LogP) is 2.78. The van der Waals surface area contributed by atoms with Crippen LogP contribution in [-0.4, -0.2) is 43.9 Å². The van der Waals surface area contributed by atoms with Crippen molar-refractivity contribution in [2.45, 2.75) is 18.9 Å². The van der Waals surface area contributed by atoms with Gasteiger partial charge < -0.3 is 10.6 Å². The number of non-ortho nitro benzene ring substituents is 1. The Morgan fingerprint density at radius 3 is 2.93 bits per heavy atom. The Bertz CT molecular complexity index is 1010. The minimum Gasteiger partial charge on any atom is -0.315 e. The number of hydrogen-bond acceptors (Lipinski definition) is 6. The lowest BCUT2D eigenvalue weighted by Gasteiger charge is -2.22. The van der Waals surface area contributed by atoms with Crippen LogP contribution in [0.25, 0.3) is 11.3 Å². The number of carbonyl (C=O) groups excluding carboxylic acids is 1. The van der Waals surface area contributed by atoms with Crippen molar-refractivity contribution in [2.24, 2.45) is 0 Å². The highest BCUT2D eigenvalue weighted by molar-refractivity contribution is 6.02. The molecule has 4 rings (SSSR count). The maximum atomic E-state index is 12.5. The lowest BCUT2D eigenvalue weighted by molar-refractivity contribution is -0.384. The zero-order valence-electron chi connectivity index (χ0n) is 15.4. The number of nitro groups is 1. The molecule has 1 atom stereocenters. The highest BCUT2D eigenvalue weighted by Crippen LogP contribution is 2.24. The van der Waals surface area contributed by atoms with Crippen LogP contribution >= 0.6 is 12.4 Å². The highest BCUT2D eigenvalue weighted by atomic mass is 35.5. The van der Waals surface area contributed by atoms with Crippen LogP contribution in [0.2, 0.25) is 0 Å². The maximum Gasteiger partial charge on any atom is 0.277 e. The first-order valence-electron chi connectivity index (χ1n) is 8.97. The Morgan fingerprint density at radius 2 is 2.17 bits per heavy atom. The van der Waals surface area contributed by atoms with Crippen molar-refractivity contribution >= 4 is 29.8 Å². The molecule has 2 aromatic heterocycles. The first kappa shape index (κ1) is 20.5. The molecule has 0 spiro atoms. The molecule has 1 fully saturated rings. The van der Waals surface area contributed by atoms with Crippen molar-refractivity contribution < 1.29 is 9.72 Å². The van der Waals surface area contributed by atoms with E-state index < -0.39 is 4.92 Å². The maximum absolute atomic E-state index is 12.5. The molecule has 0 bridgehead atoms. The van der Waals surface area contributed by atoms with E-state index >= 15 is 0 Å². The Kier molecular flexibility index (Phi) is 6.25. The van der Waals surface area contributed by atoms with Gasteiger partial charge in [-0.3, -0.25) is 24.7 Å². The molecule has 1 aliphatic rings. The smallest absolute Gasteiger partial charge is 0.277 e. The Morgan fingerprint density at radius 1 is 1.31 bits per heavy atom. The molecule has 1 amide bonds.